The molecular formula is C20H15N7OS. The van der Waals surface area contributed by atoms with Crippen molar-refractivity contribution in [1.29, 1.82) is 0 Å². The maximum atomic E-state index is 11.2. The zero-order chi connectivity index (χ0) is 19.8. The molecule has 0 unspecified atom stereocenters. The van der Waals surface area contributed by atoms with E-state index in [1.165, 1.54) is 18.3 Å². The van der Waals surface area contributed by atoms with Gasteiger partial charge in [-0.3, -0.25) is 9.78 Å². The third-order valence-electron chi connectivity index (χ3n) is 4.27. The van der Waals surface area contributed by atoms with Crippen molar-refractivity contribution in [3.8, 4) is 11.3 Å². The van der Waals surface area contributed by atoms with E-state index < -0.39 is 0 Å². The number of nitrogens with one attached hydrogen (secondary N) is 2. The molecule has 0 spiro atoms. The summed E-state index contributed by atoms with van der Waals surface area (Å²) in [5.41, 5.74) is 4.29. The van der Waals surface area contributed by atoms with Crippen LogP contribution in [0.1, 0.15) is 6.92 Å². The molecule has 2 N–H and O–H groups in total. The van der Waals surface area contributed by atoms with E-state index in [1.54, 1.807) is 10.7 Å². The zero-order valence-electron chi connectivity index (χ0n) is 15.3. The fourth-order valence-corrected chi connectivity index (χ4v) is 3.82. The summed E-state index contributed by atoms with van der Waals surface area (Å²) in [5.74, 6) is 0.945. The van der Waals surface area contributed by atoms with E-state index in [2.05, 4.69) is 30.7 Å². The van der Waals surface area contributed by atoms with E-state index in [4.69, 9.17) is 0 Å². The predicted molar refractivity (Wildman–Crippen MR) is 113 cm³/mol. The normalized spacial score (nSPS) is 11.1. The summed E-state index contributed by atoms with van der Waals surface area (Å²) in [4.78, 5) is 25.4. The third-order valence-corrected chi connectivity index (χ3v) is 5.09. The Hall–Kier alpha value is -3.85. The van der Waals surface area contributed by atoms with Crippen molar-refractivity contribution < 1.29 is 4.79 Å². The first-order valence-electron chi connectivity index (χ1n) is 8.87. The highest BCUT2D eigenvalue weighted by Gasteiger charge is 2.12. The maximum Gasteiger partial charge on any atom is 0.249 e. The van der Waals surface area contributed by atoms with Gasteiger partial charge >= 0.3 is 0 Å². The minimum absolute atomic E-state index is 0.0977. The van der Waals surface area contributed by atoms with Crippen molar-refractivity contribution >= 4 is 50.7 Å². The fourth-order valence-electron chi connectivity index (χ4n) is 2.99. The van der Waals surface area contributed by atoms with Crippen LogP contribution in [0.3, 0.4) is 0 Å². The van der Waals surface area contributed by atoms with Crippen molar-refractivity contribution in [1.82, 2.24) is 24.6 Å². The number of amides is 1. The molecule has 0 saturated carbocycles. The van der Waals surface area contributed by atoms with Crippen LogP contribution >= 0.6 is 11.3 Å². The van der Waals surface area contributed by atoms with Crippen LogP contribution in [0.25, 0.3) is 27.3 Å². The van der Waals surface area contributed by atoms with Crippen LogP contribution in [0.15, 0.2) is 60.1 Å². The van der Waals surface area contributed by atoms with Gasteiger partial charge in [0, 0.05) is 23.6 Å². The van der Waals surface area contributed by atoms with Gasteiger partial charge < -0.3 is 10.6 Å². The van der Waals surface area contributed by atoms with Crippen LogP contribution in [0, 0.1) is 0 Å². The summed E-state index contributed by atoms with van der Waals surface area (Å²) in [6.45, 7) is 1.49. The van der Waals surface area contributed by atoms with Crippen LogP contribution in [0.5, 0.6) is 0 Å². The molecule has 29 heavy (non-hydrogen) atoms. The first-order valence-corrected chi connectivity index (χ1v) is 9.75. The van der Waals surface area contributed by atoms with E-state index in [0.29, 0.717) is 11.8 Å². The van der Waals surface area contributed by atoms with Gasteiger partial charge in [0.05, 0.1) is 22.9 Å². The quantitative estimate of drug-likeness (QED) is 0.470. The highest BCUT2D eigenvalue weighted by atomic mass is 32.1. The topological polar surface area (TPSA) is 97.1 Å². The molecule has 0 aliphatic heterocycles. The molecule has 2 aromatic carbocycles. The van der Waals surface area contributed by atoms with Gasteiger partial charge in [0.1, 0.15) is 0 Å². The van der Waals surface area contributed by atoms with E-state index in [1.807, 2.05) is 53.9 Å². The van der Waals surface area contributed by atoms with Crippen molar-refractivity contribution in [3.63, 3.8) is 0 Å². The molecule has 0 saturated heterocycles. The summed E-state index contributed by atoms with van der Waals surface area (Å²) in [6.07, 6.45) is 1.67. The SMILES string of the molecule is CC(=O)Nc1ccc(-c2csc3nc(Nc4cnc5ccccc5n4)nn23)cc1. The van der Waals surface area contributed by atoms with Crippen LogP contribution in [-0.4, -0.2) is 30.5 Å². The monoisotopic (exact) mass is 401 g/mol. The molecule has 5 rings (SSSR count). The number of fused-ring (bicyclic) bond motifs is 2. The number of thiazole rings is 1. The van der Waals surface area contributed by atoms with E-state index >= 15 is 0 Å². The Kier molecular flexibility index (Phi) is 4.14. The van der Waals surface area contributed by atoms with Gasteiger partial charge in [-0.15, -0.1) is 16.4 Å². The Labute approximate surface area is 169 Å². The van der Waals surface area contributed by atoms with Crippen molar-refractivity contribution in [2.75, 3.05) is 10.6 Å². The molecule has 0 bridgehead atoms. The van der Waals surface area contributed by atoms with Crippen LogP contribution in [0.2, 0.25) is 0 Å². The lowest BCUT2D eigenvalue weighted by Gasteiger charge is -2.04. The van der Waals surface area contributed by atoms with Crippen LogP contribution in [-0.2, 0) is 4.79 Å². The number of benzene rings is 2. The Morgan fingerprint density at radius 1 is 1.03 bits per heavy atom. The molecule has 0 fully saturated rings. The molecule has 0 atom stereocenters. The number of para-hydroxylation sites is 2. The van der Waals surface area contributed by atoms with Crippen LogP contribution in [0.4, 0.5) is 17.5 Å². The van der Waals surface area contributed by atoms with E-state index in [0.717, 1.165) is 32.9 Å². The lowest BCUT2D eigenvalue weighted by Crippen LogP contribution is -2.05. The molecule has 8 nitrogen and oxygen atoms in total. The Bertz CT molecular complexity index is 1340. The molecular weight excluding hydrogens is 386 g/mol. The van der Waals surface area contributed by atoms with E-state index in [9.17, 15) is 4.79 Å². The number of carbonyl (C=O) groups is 1. The molecule has 9 heteroatoms. The Morgan fingerprint density at radius 2 is 1.83 bits per heavy atom. The highest BCUT2D eigenvalue weighted by molar-refractivity contribution is 7.15. The van der Waals surface area contributed by atoms with E-state index in [-0.39, 0.29) is 5.91 Å². The lowest BCUT2D eigenvalue weighted by molar-refractivity contribution is -0.114. The molecule has 5 aromatic rings. The minimum Gasteiger partial charge on any atom is -0.326 e. The first-order chi connectivity index (χ1) is 14.2. The Balaban J connectivity index is 1.43. The van der Waals surface area contributed by atoms with Crippen molar-refractivity contribution in [2.45, 2.75) is 6.92 Å². The van der Waals surface area contributed by atoms with Gasteiger partial charge in [0.15, 0.2) is 5.82 Å². The molecule has 0 aliphatic rings. The van der Waals surface area contributed by atoms with Gasteiger partial charge in [-0.2, -0.15) is 4.98 Å². The second-order valence-corrected chi connectivity index (χ2v) is 7.21. The van der Waals surface area contributed by atoms with Crippen LogP contribution < -0.4 is 10.6 Å². The van der Waals surface area contributed by atoms with Gasteiger partial charge in [-0.25, -0.2) is 9.50 Å². The molecule has 3 heterocycles. The summed E-state index contributed by atoms with van der Waals surface area (Å²) in [5, 5.41) is 12.5. The van der Waals surface area contributed by atoms with Gasteiger partial charge in [0.25, 0.3) is 0 Å². The van der Waals surface area contributed by atoms with Crippen molar-refractivity contribution in [3.05, 3.63) is 60.1 Å². The molecule has 1 amide bonds. The molecule has 3 aromatic heterocycles. The van der Waals surface area contributed by atoms with Crippen molar-refractivity contribution in [2.24, 2.45) is 0 Å². The average molecular weight is 401 g/mol. The smallest absolute Gasteiger partial charge is 0.249 e. The van der Waals surface area contributed by atoms with Gasteiger partial charge in [-0.05, 0) is 24.3 Å². The number of aromatic nitrogens is 5. The Morgan fingerprint density at radius 3 is 2.62 bits per heavy atom. The van der Waals surface area contributed by atoms with Gasteiger partial charge in [-0.1, -0.05) is 24.3 Å². The number of rotatable bonds is 4. The number of hydrogen-bond donors (Lipinski definition) is 2. The lowest BCUT2D eigenvalue weighted by atomic mass is 10.1. The minimum atomic E-state index is -0.0977. The molecule has 0 radical (unpaired) electrons. The zero-order valence-corrected chi connectivity index (χ0v) is 16.1. The summed E-state index contributed by atoms with van der Waals surface area (Å²) >= 11 is 1.50. The molecule has 0 aliphatic carbocycles. The number of carbonyl (C=O) groups excluding carboxylic acids is 1. The van der Waals surface area contributed by atoms with Gasteiger partial charge in [0.2, 0.25) is 16.8 Å². The second-order valence-electron chi connectivity index (χ2n) is 6.38. The highest BCUT2D eigenvalue weighted by Crippen LogP contribution is 2.27. The summed E-state index contributed by atoms with van der Waals surface area (Å²) < 4.78 is 1.79. The summed E-state index contributed by atoms with van der Waals surface area (Å²) in [6, 6.07) is 15.3. The number of hydrogen-bond acceptors (Lipinski definition) is 7. The number of nitrogens with zero attached hydrogens (tertiary/aromatic N) is 5. The fraction of sp³-hybridized carbons (Fsp3) is 0.0500. The first kappa shape index (κ1) is 17.3. The predicted octanol–water partition coefficient (Wildman–Crippen LogP) is 4.10. The maximum absolute atomic E-state index is 11.2. The largest absolute Gasteiger partial charge is 0.326 e. The third kappa shape index (κ3) is 3.39. The molecule has 142 valence electrons. The average Bonchev–Trinajstić information content (AvgIpc) is 3.28. The second kappa shape index (κ2) is 6.95. The standard InChI is InChI=1S/C20H15N7OS/c1-12(28)22-14-8-6-13(7-9-14)17-11-29-20-25-19(26-27(17)20)24-18-10-21-15-4-2-3-5-16(15)23-18/h2-11H,1H3,(H,22,28)(H,23,24,26). The number of anilines is 3. The summed E-state index contributed by atoms with van der Waals surface area (Å²) in [7, 11) is 0.